The lowest BCUT2D eigenvalue weighted by Crippen LogP contribution is -2.25. The highest BCUT2D eigenvalue weighted by molar-refractivity contribution is 6.30. The van der Waals surface area contributed by atoms with Gasteiger partial charge >= 0.3 is 0 Å². The quantitative estimate of drug-likeness (QED) is 0.686. The van der Waals surface area contributed by atoms with Crippen LogP contribution in [0.1, 0.15) is 36.7 Å². The highest BCUT2D eigenvalue weighted by atomic mass is 35.5. The smallest absolute Gasteiger partial charge is 0.165 e. The summed E-state index contributed by atoms with van der Waals surface area (Å²) in [7, 11) is 0. The Kier molecular flexibility index (Phi) is 5.65. The lowest BCUT2D eigenvalue weighted by atomic mass is 10.0. The van der Waals surface area contributed by atoms with E-state index in [1.165, 1.54) is 0 Å². The zero-order chi connectivity index (χ0) is 20.4. The van der Waals surface area contributed by atoms with Crippen molar-refractivity contribution in [2.75, 3.05) is 13.2 Å². The number of ether oxygens (including phenoxy) is 1. The lowest BCUT2D eigenvalue weighted by molar-refractivity contribution is 0.217. The number of halogens is 1. The van der Waals surface area contributed by atoms with Crippen LogP contribution < -0.4 is 4.74 Å². The average Bonchev–Trinajstić information content (AvgIpc) is 2.91. The number of pyridine rings is 1. The Balaban J connectivity index is 1.58. The van der Waals surface area contributed by atoms with E-state index in [0.29, 0.717) is 36.4 Å². The first-order valence-electron chi connectivity index (χ1n) is 9.63. The Morgan fingerprint density at radius 2 is 1.93 bits per heavy atom. The molecule has 0 saturated carbocycles. The number of phenols is 1. The molecule has 3 aromatic rings. The number of aromatic hydroxyl groups is 1. The third-order valence-corrected chi connectivity index (χ3v) is 5.09. The van der Waals surface area contributed by atoms with Crippen LogP contribution in [0.2, 0.25) is 5.02 Å². The summed E-state index contributed by atoms with van der Waals surface area (Å²) < 4.78 is 5.84. The first-order valence-corrected chi connectivity index (χ1v) is 10.0. The van der Waals surface area contributed by atoms with Gasteiger partial charge in [-0.15, -0.1) is 0 Å². The molecule has 29 heavy (non-hydrogen) atoms. The van der Waals surface area contributed by atoms with Crippen molar-refractivity contribution in [3.63, 3.8) is 0 Å². The van der Waals surface area contributed by atoms with Crippen LogP contribution in [0.4, 0.5) is 0 Å². The second-order valence-electron chi connectivity index (χ2n) is 7.51. The summed E-state index contributed by atoms with van der Waals surface area (Å²) in [4.78, 5) is 15.5. The van der Waals surface area contributed by atoms with E-state index >= 15 is 0 Å². The van der Waals surface area contributed by atoms with Gasteiger partial charge in [0.2, 0.25) is 0 Å². The van der Waals surface area contributed by atoms with Crippen LogP contribution in [0.25, 0.3) is 11.3 Å². The summed E-state index contributed by atoms with van der Waals surface area (Å²) in [6.45, 7) is 6.77. The molecule has 1 aliphatic rings. The molecule has 3 heterocycles. The summed E-state index contributed by atoms with van der Waals surface area (Å²) in [5.41, 5.74) is 3.56. The molecule has 0 unspecified atom stereocenters. The lowest BCUT2D eigenvalue weighted by Gasteiger charge is -2.19. The van der Waals surface area contributed by atoms with Gasteiger partial charge in [0.15, 0.2) is 11.5 Å². The van der Waals surface area contributed by atoms with Gasteiger partial charge < -0.3 is 9.84 Å². The molecule has 150 valence electrons. The highest BCUT2D eigenvalue weighted by Crippen LogP contribution is 2.37. The van der Waals surface area contributed by atoms with Crippen molar-refractivity contribution in [1.29, 1.82) is 0 Å². The fourth-order valence-electron chi connectivity index (χ4n) is 3.39. The van der Waals surface area contributed by atoms with Gasteiger partial charge in [-0.25, -0.2) is 9.97 Å². The van der Waals surface area contributed by atoms with Crippen LogP contribution in [0.3, 0.4) is 0 Å². The van der Waals surface area contributed by atoms with E-state index < -0.39 is 0 Å². The van der Waals surface area contributed by atoms with E-state index in [9.17, 15) is 5.11 Å². The molecule has 6 nitrogen and oxygen atoms in total. The molecule has 0 fully saturated rings. The number of aromatic nitrogens is 3. The van der Waals surface area contributed by atoms with Gasteiger partial charge in [0.25, 0.3) is 0 Å². The zero-order valence-electron chi connectivity index (χ0n) is 16.5. The SMILES string of the molecule is CC(C)c1ncc(CN2CCOc3c(O)cc(-c4ccc(Cl)cn4)cc3C2)cn1. The summed E-state index contributed by atoms with van der Waals surface area (Å²) in [5.74, 6) is 1.83. The van der Waals surface area contributed by atoms with Crippen molar-refractivity contribution >= 4 is 11.6 Å². The predicted octanol–water partition coefficient (Wildman–Crippen LogP) is 4.42. The van der Waals surface area contributed by atoms with Crippen molar-refractivity contribution in [3.8, 4) is 22.8 Å². The molecule has 7 heteroatoms. The van der Waals surface area contributed by atoms with Gasteiger partial charge in [-0.2, -0.15) is 0 Å². The maximum atomic E-state index is 10.5. The third-order valence-electron chi connectivity index (χ3n) is 4.87. The van der Waals surface area contributed by atoms with E-state index in [1.807, 2.05) is 24.5 Å². The van der Waals surface area contributed by atoms with E-state index in [4.69, 9.17) is 16.3 Å². The molecule has 0 amide bonds. The largest absolute Gasteiger partial charge is 0.504 e. The maximum absolute atomic E-state index is 10.5. The Morgan fingerprint density at radius 3 is 2.62 bits per heavy atom. The van der Waals surface area contributed by atoms with Gasteiger partial charge in [0, 0.05) is 60.8 Å². The molecule has 2 aromatic heterocycles. The molecular formula is C22H23ClN4O2. The number of benzene rings is 1. The fourth-order valence-corrected chi connectivity index (χ4v) is 3.50. The predicted molar refractivity (Wildman–Crippen MR) is 112 cm³/mol. The molecular weight excluding hydrogens is 388 g/mol. The molecule has 4 rings (SSSR count). The van der Waals surface area contributed by atoms with E-state index in [-0.39, 0.29) is 5.75 Å². The van der Waals surface area contributed by atoms with Gasteiger partial charge in [-0.05, 0) is 24.3 Å². The monoisotopic (exact) mass is 410 g/mol. The maximum Gasteiger partial charge on any atom is 0.165 e. The highest BCUT2D eigenvalue weighted by Gasteiger charge is 2.20. The van der Waals surface area contributed by atoms with Crippen LogP contribution >= 0.6 is 11.6 Å². The number of rotatable bonds is 4. The minimum Gasteiger partial charge on any atom is -0.504 e. The van der Waals surface area contributed by atoms with Crippen molar-refractivity contribution < 1.29 is 9.84 Å². The standard InChI is InChI=1S/C22H23ClN4O2/c1-14(2)22-25-9-15(10-26-22)12-27-5-6-29-21-17(13-27)7-16(8-20(21)28)19-4-3-18(23)11-24-19/h3-4,7-11,14,28H,5-6,12-13H2,1-2H3. The van der Waals surface area contributed by atoms with Crippen molar-refractivity contribution in [2.45, 2.75) is 32.9 Å². The number of fused-ring (bicyclic) bond motifs is 1. The van der Waals surface area contributed by atoms with E-state index in [0.717, 1.165) is 34.8 Å². The Labute approximate surface area is 175 Å². The molecule has 0 bridgehead atoms. The molecule has 0 spiro atoms. The molecule has 1 aromatic carbocycles. The normalized spacial score (nSPS) is 14.3. The molecule has 0 radical (unpaired) electrons. The summed E-state index contributed by atoms with van der Waals surface area (Å²) >= 11 is 5.94. The second-order valence-corrected chi connectivity index (χ2v) is 7.95. The minimum atomic E-state index is 0.126. The van der Waals surface area contributed by atoms with Crippen LogP contribution in [-0.4, -0.2) is 38.1 Å². The summed E-state index contributed by atoms with van der Waals surface area (Å²) in [6, 6.07) is 7.33. The summed E-state index contributed by atoms with van der Waals surface area (Å²) in [5, 5.41) is 11.1. The Morgan fingerprint density at radius 1 is 1.14 bits per heavy atom. The first kappa shape index (κ1) is 19.6. The number of hydrogen-bond acceptors (Lipinski definition) is 6. The zero-order valence-corrected chi connectivity index (χ0v) is 17.2. The molecule has 0 atom stereocenters. The first-order chi connectivity index (χ1) is 14.0. The molecule has 1 N–H and O–H groups in total. The fraction of sp³-hybridized carbons (Fsp3) is 0.318. The van der Waals surface area contributed by atoms with Crippen LogP contribution in [0, 0.1) is 0 Å². The van der Waals surface area contributed by atoms with Crippen LogP contribution in [0.5, 0.6) is 11.5 Å². The number of hydrogen-bond donors (Lipinski definition) is 1. The molecule has 1 aliphatic heterocycles. The van der Waals surface area contributed by atoms with Crippen molar-refractivity contribution in [1.82, 2.24) is 19.9 Å². The molecule has 0 aliphatic carbocycles. The second kappa shape index (κ2) is 8.35. The Bertz CT molecular complexity index is 991. The van der Waals surface area contributed by atoms with Gasteiger partial charge in [-0.1, -0.05) is 25.4 Å². The van der Waals surface area contributed by atoms with Crippen LogP contribution in [0.15, 0.2) is 42.9 Å². The van der Waals surface area contributed by atoms with Crippen molar-refractivity contribution in [2.24, 2.45) is 0 Å². The van der Waals surface area contributed by atoms with E-state index in [2.05, 4.69) is 33.7 Å². The van der Waals surface area contributed by atoms with Gasteiger partial charge in [-0.3, -0.25) is 9.88 Å². The van der Waals surface area contributed by atoms with Gasteiger partial charge in [0.1, 0.15) is 12.4 Å². The number of phenolic OH excluding ortho intramolecular Hbond substituents is 1. The summed E-state index contributed by atoms with van der Waals surface area (Å²) in [6.07, 6.45) is 5.38. The third kappa shape index (κ3) is 4.49. The molecule has 0 saturated heterocycles. The Hall–Kier alpha value is -2.70. The van der Waals surface area contributed by atoms with E-state index in [1.54, 1.807) is 18.3 Å². The average molecular weight is 411 g/mol. The number of nitrogens with zero attached hydrogens (tertiary/aromatic N) is 4. The van der Waals surface area contributed by atoms with Crippen molar-refractivity contribution in [3.05, 3.63) is 64.8 Å². The van der Waals surface area contributed by atoms with Gasteiger partial charge in [0.05, 0.1) is 10.7 Å². The topological polar surface area (TPSA) is 71.4 Å². The minimum absolute atomic E-state index is 0.126. The van der Waals surface area contributed by atoms with Crippen LogP contribution in [-0.2, 0) is 13.1 Å².